The molecule has 0 bridgehead atoms. The van der Waals surface area contributed by atoms with Gasteiger partial charge in [0, 0.05) is 17.5 Å². The molecule has 140 valence electrons. The SMILES string of the molecule is CC=CC=CC(=O)Oc1ccc2c(OC(=O)C=CC=CC)c(C#N)ccc2c1. The Morgan fingerprint density at radius 1 is 0.893 bits per heavy atom. The third-order valence-electron chi connectivity index (χ3n) is 3.56. The van der Waals surface area contributed by atoms with Gasteiger partial charge in [0.25, 0.3) is 0 Å². The van der Waals surface area contributed by atoms with E-state index in [1.165, 1.54) is 12.2 Å². The summed E-state index contributed by atoms with van der Waals surface area (Å²) in [5.41, 5.74) is 0.235. The predicted octanol–water partition coefficient (Wildman–Crippen LogP) is 4.79. The van der Waals surface area contributed by atoms with Crippen molar-refractivity contribution in [3.05, 3.63) is 84.5 Å². The van der Waals surface area contributed by atoms with Crippen LogP contribution in [0.25, 0.3) is 10.8 Å². The van der Waals surface area contributed by atoms with E-state index in [1.807, 2.05) is 19.9 Å². The number of benzene rings is 2. The van der Waals surface area contributed by atoms with Gasteiger partial charge in [-0.3, -0.25) is 0 Å². The Bertz CT molecular complexity index is 1040. The maximum absolute atomic E-state index is 12.0. The summed E-state index contributed by atoms with van der Waals surface area (Å²) in [5.74, 6) is -0.586. The lowest BCUT2D eigenvalue weighted by molar-refractivity contribution is -0.129. The van der Waals surface area contributed by atoms with E-state index >= 15 is 0 Å². The second-order valence-corrected chi connectivity index (χ2v) is 5.55. The molecular weight excluding hydrogens is 354 g/mol. The molecule has 0 saturated heterocycles. The summed E-state index contributed by atoms with van der Waals surface area (Å²) in [7, 11) is 0. The Labute approximate surface area is 163 Å². The van der Waals surface area contributed by atoms with E-state index < -0.39 is 11.9 Å². The molecular formula is C23H19NO4. The molecule has 5 heteroatoms. The van der Waals surface area contributed by atoms with Gasteiger partial charge in [-0.25, -0.2) is 9.59 Å². The van der Waals surface area contributed by atoms with Gasteiger partial charge in [0.1, 0.15) is 11.8 Å². The van der Waals surface area contributed by atoms with Gasteiger partial charge >= 0.3 is 11.9 Å². The molecule has 28 heavy (non-hydrogen) atoms. The Balaban J connectivity index is 2.33. The molecule has 2 aromatic carbocycles. The van der Waals surface area contributed by atoms with Crippen LogP contribution in [0, 0.1) is 11.3 Å². The Kier molecular flexibility index (Phi) is 7.50. The molecule has 0 unspecified atom stereocenters. The van der Waals surface area contributed by atoms with Gasteiger partial charge in [0.05, 0.1) is 5.56 Å². The summed E-state index contributed by atoms with van der Waals surface area (Å²) >= 11 is 0. The Hall–Kier alpha value is -3.91. The highest BCUT2D eigenvalue weighted by Gasteiger charge is 2.13. The highest BCUT2D eigenvalue weighted by Crippen LogP contribution is 2.32. The first-order valence-corrected chi connectivity index (χ1v) is 8.58. The van der Waals surface area contributed by atoms with Gasteiger partial charge in [0.15, 0.2) is 5.75 Å². The molecule has 0 fully saturated rings. The average molecular weight is 373 g/mol. The van der Waals surface area contributed by atoms with Crippen LogP contribution in [0.5, 0.6) is 11.5 Å². The van der Waals surface area contributed by atoms with E-state index in [2.05, 4.69) is 0 Å². The van der Waals surface area contributed by atoms with Crippen LogP contribution in [-0.2, 0) is 9.59 Å². The molecule has 0 spiro atoms. The first-order chi connectivity index (χ1) is 13.6. The van der Waals surface area contributed by atoms with E-state index in [1.54, 1.807) is 66.8 Å². The first kappa shape index (κ1) is 20.4. The number of rotatable bonds is 6. The monoisotopic (exact) mass is 373 g/mol. The predicted molar refractivity (Wildman–Crippen MR) is 108 cm³/mol. The maximum atomic E-state index is 12.0. The zero-order valence-electron chi connectivity index (χ0n) is 15.6. The molecule has 5 nitrogen and oxygen atoms in total. The number of hydrogen-bond donors (Lipinski definition) is 0. The number of allylic oxidation sites excluding steroid dienone is 6. The van der Waals surface area contributed by atoms with Gasteiger partial charge in [-0.1, -0.05) is 42.5 Å². The summed E-state index contributed by atoms with van der Waals surface area (Å²) in [6, 6.07) is 10.1. The van der Waals surface area contributed by atoms with Crippen molar-refractivity contribution in [3.63, 3.8) is 0 Å². The van der Waals surface area contributed by atoms with Crippen molar-refractivity contribution in [1.29, 1.82) is 5.26 Å². The topological polar surface area (TPSA) is 76.4 Å². The second-order valence-electron chi connectivity index (χ2n) is 5.55. The third kappa shape index (κ3) is 5.55. The highest BCUT2D eigenvalue weighted by atomic mass is 16.5. The fourth-order valence-electron chi connectivity index (χ4n) is 2.32. The number of nitriles is 1. The number of carbonyl (C=O) groups is 2. The molecule has 2 aromatic rings. The molecule has 0 aromatic heterocycles. The van der Waals surface area contributed by atoms with Gasteiger partial charge in [-0.05, 0) is 43.5 Å². The van der Waals surface area contributed by atoms with Crippen LogP contribution < -0.4 is 9.47 Å². The Morgan fingerprint density at radius 3 is 2.14 bits per heavy atom. The van der Waals surface area contributed by atoms with Gasteiger partial charge < -0.3 is 9.47 Å². The van der Waals surface area contributed by atoms with E-state index in [4.69, 9.17) is 9.47 Å². The van der Waals surface area contributed by atoms with E-state index in [0.29, 0.717) is 16.5 Å². The van der Waals surface area contributed by atoms with Gasteiger partial charge in [-0.2, -0.15) is 5.26 Å². The lowest BCUT2D eigenvalue weighted by atomic mass is 10.1. The van der Waals surface area contributed by atoms with Crippen molar-refractivity contribution in [2.24, 2.45) is 0 Å². The van der Waals surface area contributed by atoms with Crippen LogP contribution in [-0.4, -0.2) is 11.9 Å². The lowest BCUT2D eigenvalue weighted by Gasteiger charge is -2.09. The van der Waals surface area contributed by atoms with Crippen LogP contribution in [0.1, 0.15) is 19.4 Å². The van der Waals surface area contributed by atoms with Gasteiger partial charge in [0.2, 0.25) is 0 Å². The molecule has 2 rings (SSSR count). The summed E-state index contributed by atoms with van der Waals surface area (Å²) in [4.78, 5) is 23.8. The number of esters is 2. The van der Waals surface area contributed by atoms with Crippen LogP contribution in [0.15, 0.2) is 78.9 Å². The van der Waals surface area contributed by atoms with Crippen molar-refractivity contribution >= 4 is 22.7 Å². The van der Waals surface area contributed by atoms with E-state index in [-0.39, 0.29) is 11.3 Å². The maximum Gasteiger partial charge on any atom is 0.336 e. The van der Waals surface area contributed by atoms with E-state index in [9.17, 15) is 14.9 Å². The standard InChI is InChI=1S/C23H19NO4/c1-3-5-7-9-21(25)27-19-13-14-20-17(15-19)11-12-18(16-24)23(20)28-22(26)10-8-6-4-2/h3-15H,1-2H3. The number of nitrogens with zero attached hydrogens (tertiary/aromatic N) is 1. The summed E-state index contributed by atoms with van der Waals surface area (Å²) in [6.07, 6.45) is 12.7. The number of ether oxygens (including phenoxy) is 2. The first-order valence-electron chi connectivity index (χ1n) is 8.58. The Morgan fingerprint density at radius 2 is 1.54 bits per heavy atom. The average Bonchev–Trinajstić information content (AvgIpc) is 2.68. The molecule has 0 aliphatic heterocycles. The van der Waals surface area contributed by atoms with Crippen LogP contribution >= 0.6 is 0 Å². The van der Waals surface area contributed by atoms with Gasteiger partial charge in [-0.15, -0.1) is 0 Å². The van der Waals surface area contributed by atoms with Crippen LogP contribution in [0.4, 0.5) is 0 Å². The van der Waals surface area contributed by atoms with Crippen LogP contribution in [0.2, 0.25) is 0 Å². The molecule has 0 N–H and O–H groups in total. The molecule has 0 atom stereocenters. The quantitative estimate of drug-likeness (QED) is 0.315. The van der Waals surface area contributed by atoms with Crippen LogP contribution in [0.3, 0.4) is 0 Å². The fourth-order valence-corrected chi connectivity index (χ4v) is 2.32. The zero-order chi connectivity index (χ0) is 20.4. The minimum Gasteiger partial charge on any atom is -0.423 e. The number of fused-ring (bicyclic) bond motifs is 1. The molecule has 0 radical (unpaired) electrons. The number of hydrogen-bond acceptors (Lipinski definition) is 5. The minimum absolute atomic E-state index is 0.168. The van der Waals surface area contributed by atoms with E-state index in [0.717, 1.165) is 0 Å². The smallest absolute Gasteiger partial charge is 0.336 e. The van der Waals surface area contributed by atoms with Crippen molar-refractivity contribution in [3.8, 4) is 17.6 Å². The summed E-state index contributed by atoms with van der Waals surface area (Å²) in [5, 5.41) is 10.6. The normalized spacial score (nSPS) is 11.6. The van der Waals surface area contributed by atoms with Crippen molar-refractivity contribution < 1.29 is 19.1 Å². The summed E-state index contributed by atoms with van der Waals surface area (Å²) in [6.45, 7) is 3.67. The highest BCUT2D eigenvalue weighted by molar-refractivity contribution is 5.95. The second kappa shape index (κ2) is 10.3. The lowest BCUT2D eigenvalue weighted by Crippen LogP contribution is -2.06. The number of carbonyl (C=O) groups excluding carboxylic acids is 2. The summed E-state index contributed by atoms with van der Waals surface area (Å²) < 4.78 is 10.6. The van der Waals surface area contributed by atoms with Crippen molar-refractivity contribution in [2.45, 2.75) is 13.8 Å². The van der Waals surface area contributed by atoms with Crippen molar-refractivity contribution in [2.75, 3.05) is 0 Å². The molecule has 0 aliphatic rings. The third-order valence-corrected chi connectivity index (χ3v) is 3.56. The fraction of sp³-hybridized carbons (Fsp3) is 0.0870. The minimum atomic E-state index is -0.591. The molecule has 0 amide bonds. The van der Waals surface area contributed by atoms with Crippen molar-refractivity contribution in [1.82, 2.24) is 0 Å². The largest absolute Gasteiger partial charge is 0.423 e. The molecule has 0 aliphatic carbocycles. The zero-order valence-corrected chi connectivity index (χ0v) is 15.6. The molecule has 0 saturated carbocycles. The molecule has 0 heterocycles.